The van der Waals surface area contributed by atoms with E-state index in [1.54, 1.807) is 6.92 Å². The first-order valence-corrected chi connectivity index (χ1v) is 6.34. The summed E-state index contributed by atoms with van der Waals surface area (Å²) >= 11 is 0. The predicted molar refractivity (Wildman–Crippen MR) is 76.3 cm³/mol. The van der Waals surface area contributed by atoms with Crippen molar-refractivity contribution in [1.82, 2.24) is 0 Å². The predicted octanol–water partition coefficient (Wildman–Crippen LogP) is 3.54. The molecule has 0 fully saturated rings. The summed E-state index contributed by atoms with van der Waals surface area (Å²) in [5.41, 5.74) is 1.66. The zero-order valence-electron chi connectivity index (χ0n) is 11.4. The van der Waals surface area contributed by atoms with Crippen molar-refractivity contribution in [1.29, 1.82) is 0 Å². The van der Waals surface area contributed by atoms with E-state index in [0.717, 1.165) is 5.56 Å². The second kappa shape index (κ2) is 6.19. The quantitative estimate of drug-likeness (QED) is 0.925. The number of rotatable bonds is 4. The summed E-state index contributed by atoms with van der Waals surface area (Å²) in [5.74, 6) is 0.0153. The molecule has 0 bridgehead atoms. The fourth-order valence-electron chi connectivity index (χ4n) is 1.65. The first-order chi connectivity index (χ1) is 9.54. The largest absolute Gasteiger partial charge is 0.481 e. The van der Waals surface area contributed by atoms with E-state index in [1.165, 1.54) is 24.3 Å². The summed E-state index contributed by atoms with van der Waals surface area (Å²) in [6, 6.07) is 13.1. The lowest BCUT2D eigenvalue weighted by Crippen LogP contribution is -2.30. The van der Waals surface area contributed by atoms with Gasteiger partial charge in [0.2, 0.25) is 0 Å². The van der Waals surface area contributed by atoms with Gasteiger partial charge in [0.1, 0.15) is 11.6 Å². The number of halogens is 1. The van der Waals surface area contributed by atoms with Gasteiger partial charge in [0.25, 0.3) is 5.91 Å². The van der Waals surface area contributed by atoms with E-state index in [9.17, 15) is 9.18 Å². The molecule has 1 atom stereocenters. The number of benzene rings is 2. The third-order valence-electron chi connectivity index (χ3n) is 2.81. The molecule has 104 valence electrons. The fraction of sp³-hybridized carbons (Fsp3) is 0.188. The molecule has 0 spiro atoms. The van der Waals surface area contributed by atoms with E-state index in [-0.39, 0.29) is 11.7 Å². The van der Waals surface area contributed by atoms with Crippen LogP contribution in [0.2, 0.25) is 0 Å². The van der Waals surface area contributed by atoms with E-state index in [2.05, 4.69) is 5.32 Å². The zero-order chi connectivity index (χ0) is 14.5. The minimum Gasteiger partial charge on any atom is -0.481 e. The fourth-order valence-corrected chi connectivity index (χ4v) is 1.65. The average molecular weight is 273 g/mol. The molecule has 4 heteroatoms. The van der Waals surface area contributed by atoms with Gasteiger partial charge in [-0.2, -0.15) is 0 Å². The summed E-state index contributed by atoms with van der Waals surface area (Å²) in [5, 5.41) is 2.67. The third kappa shape index (κ3) is 3.82. The van der Waals surface area contributed by atoms with Crippen LogP contribution < -0.4 is 10.1 Å². The van der Waals surface area contributed by atoms with Gasteiger partial charge in [0, 0.05) is 5.69 Å². The van der Waals surface area contributed by atoms with Gasteiger partial charge in [-0.15, -0.1) is 0 Å². The van der Waals surface area contributed by atoms with Crippen LogP contribution in [0.1, 0.15) is 12.5 Å². The number of carbonyl (C=O) groups excluding carboxylic acids is 1. The van der Waals surface area contributed by atoms with Gasteiger partial charge >= 0.3 is 0 Å². The first-order valence-electron chi connectivity index (χ1n) is 6.34. The normalized spacial score (nSPS) is 11.8. The van der Waals surface area contributed by atoms with Crippen LogP contribution in [0, 0.1) is 12.7 Å². The Morgan fingerprint density at radius 3 is 2.30 bits per heavy atom. The Morgan fingerprint density at radius 2 is 1.70 bits per heavy atom. The number of aryl methyl sites for hydroxylation is 1. The van der Waals surface area contributed by atoms with Gasteiger partial charge in [0.15, 0.2) is 6.10 Å². The van der Waals surface area contributed by atoms with E-state index in [1.807, 2.05) is 31.2 Å². The van der Waals surface area contributed by atoms with Crippen LogP contribution in [0.3, 0.4) is 0 Å². The Hall–Kier alpha value is -2.36. The van der Waals surface area contributed by atoms with Crippen molar-refractivity contribution in [2.45, 2.75) is 20.0 Å². The lowest BCUT2D eigenvalue weighted by atomic mass is 10.2. The molecule has 1 N–H and O–H groups in total. The van der Waals surface area contributed by atoms with Crippen LogP contribution in [0.25, 0.3) is 0 Å². The number of anilines is 1. The summed E-state index contributed by atoms with van der Waals surface area (Å²) < 4.78 is 18.3. The van der Waals surface area contributed by atoms with E-state index in [0.29, 0.717) is 11.4 Å². The minimum atomic E-state index is -0.636. The molecule has 0 saturated heterocycles. The molecular formula is C16H16FNO2. The number of nitrogens with one attached hydrogen (secondary N) is 1. The Morgan fingerprint density at radius 1 is 1.10 bits per heavy atom. The van der Waals surface area contributed by atoms with Gasteiger partial charge in [-0.05, 0) is 50.2 Å². The van der Waals surface area contributed by atoms with Crippen LogP contribution >= 0.6 is 0 Å². The Bertz CT molecular complexity index is 578. The lowest BCUT2D eigenvalue weighted by molar-refractivity contribution is -0.122. The molecule has 0 heterocycles. The minimum absolute atomic E-state index is 0.280. The van der Waals surface area contributed by atoms with Gasteiger partial charge in [-0.3, -0.25) is 4.79 Å². The molecule has 0 radical (unpaired) electrons. The Labute approximate surface area is 117 Å². The van der Waals surface area contributed by atoms with Gasteiger partial charge in [-0.25, -0.2) is 4.39 Å². The molecule has 20 heavy (non-hydrogen) atoms. The second-order valence-electron chi connectivity index (χ2n) is 4.57. The highest BCUT2D eigenvalue weighted by molar-refractivity contribution is 5.94. The maximum Gasteiger partial charge on any atom is 0.265 e. The zero-order valence-corrected chi connectivity index (χ0v) is 11.4. The van der Waals surface area contributed by atoms with Crippen molar-refractivity contribution < 1.29 is 13.9 Å². The van der Waals surface area contributed by atoms with Crippen molar-refractivity contribution in [3.8, 4) is 5.75 Å². The molecule has 0 aliphatic carbocycles. The highest BCUT2D eigenvalue weighted by Crippen LogP contribution is 2.14. The van der Waals surface area contributed by atoms with Crippen LogP contribution in [0.5, 0.6) is 5.75 Å². The summed E-state index contributed by atoms with van der Waals surface area (Å²) in [7, 11) is 0. The Kier molecular flexibility index (Phi) is 4.35. The summed E-state index contributed by atoms with van der Waals surface area (Å²) in [6.07, 6.45) is -0.636. The number of ether oxygens (including phenoxy) is 1. The lowest BCUT2D eigenvalue weighted by Gasteiger charge is -2.14. The second-order valence-corrected chi connectivity index (χ2v) is 4.57. The van der Waals surface area contributed by atoms with Crippen LogP contribution in [-0.2, 0) is 4.79 Å². The highest BCUT2D eigenvalue weighted by atomic mass is 19.1. The third-order valence-corrected chi connectivity index (χ3v) is 2.81. The molecule has 3 nitrogen and oxygen atoms in total. The number of hydrogen-bond acceptors (Lipinski definition) is 2. The number of carbonyl (C=O) groups is 1. The average Bonchev–Trinajstić information content (AvgIpc) is 2.44. The summed E-state index contributed by atoms with van der Waals surface area (Å²) in [4.78, 5) is 11.9. The smallest absolute Gasteiger partial charge is 0.265 e. The van der Waals surface area contributed by atoms with Crippen LogP contribution in [-0.4, -0.2) is 12.0 Å². The highest BCUT2D eigenvalue weighted by Gasteiger charge is 2.14. The van der Waals surface area contributed by atoms with Gasteiger partial charge in [0.05, 0.1) is 0 Å². The van der Waals surface area contributed by atoms with E-state index >= 15 is 0 Å². The Balaban J connectivity index is 1.94. The van der Waals surface area contributed by atoms with Gasteiger partial charge < -0.3 is 10.1 Å². The molecule has 2 rings (SSSR count). The van der Waals surface area contributed by atoms with Crippen LogP contribution in [0.15, 0.2) is 48.5 Å². The molecule has 0 aliphatic heterocycles. The monoisotopic (exact) mass is 273 g/mol. The number of amides is 1. The molecule has 0 saturated carbocycles. The van der Waals surface area contributed by atoms with E-state index < -0.39 is 6.10 Å². The van der Waals surface area contributed by atoms with Crippen LogP contribution in [0.4, 0.5) is 10.1 Å². The van der Waals surface area contributed by atoms with E-state index in [4.69, 9.17) is 4.74 Å². The van der Waals surface area contributed by atoms with Crippen molar-refractivity contribution in [3.63, 3.8) is 0 Å². The van der Waals surface area contributed by atoms with Crippen molar-refractivity contribution in [2.75, 3.05) is 5.32 Å². The molecule has 2 aromatic rings. The van der Waals surface area contributed by atoms with Crippen molar-refractivity contribution in [2.24, 2.45) is 0 Å². The molecule has 0 unspecified atom stereocenters. The molecule has 0 aromatic heterocycles. The molecule has 2 aromatic carbocycles. The standard InChI is InChI=1S/C16H16FNO2/c1-11-3-9-15(10-4-11)20-12(2)16(19)18-14-7-5-13(17)6-8-14/h3-10,12H,1-2H3,(H,18,19)/t12-/m0/s1. The first kappa shape index (κ1) is 14.1. The molecular weight excluding hydrogens is 257 g/mol. The van der Waals surface area contributed by atoms with Gasteiger partial charge in [-0.1, -0.05) is 17.7 Å². The summed E-state index contributed by atoms with van der Waals surface area (Å²) in [6.45, 7) is 3.65. The van der Waals surface area contributed by atoms with Crippen molar-refractivity contribution >= 4 is 11.6 Å². The topological polar surface area (TPSA) is 38.3 Å². The maximum absolute atomic E-state index is 12.8. The maximum atomic E-state index is 12.8. The molecule has 0 aliphatic rings. The SMILES string of the molecule is Cc1ccc(O[C@@H](C)C(=O)Nc2ccc(F)cc2)cc1. The molecule has 1 amide bonds. The number of hydrogen-bond donors (Lipinski definition) is 1. The van der Waals surface area contributed by atoms with Crippen molar-refractivity contribution in [3.05, 3.63) is 59.9 Å².